The van der Waals surface area contributed by atoms with Crippen LogP contribution in [0.4, 0.5) is 17.3 Å². The van der Waals surface area contributed by atoms with Crippen LogP contribution < -0.4 is 0 Å². The van der Waals surface area contributed by atoms with Crippen LogP contribution in [0.25, 0.3) is 0 Å². The highest BCUT2D eigenvalue weighted by atomic mass is 19.5. The predicted molar refractivity (Wildman–Crippen MR) is 65.9 cm³/mol. The Labute approximate surface area is 107 Å². The van der Waals surface area contributed by atoms with Crippen LogP contribution in [0.5, 0.6) is 0 Å². The third kappa shape index (κ3) is 12.2. The van der Waals surface area contributed by atoms with Crippen molar-refractivity contribution in [2.75, 3.05) is 40.4 Å². The Morgan fingerprint density at radius 3 is 1.94 bits per heavy atom. The second kappa shape index (κ2) is 8.75. The van der Waals surface area contributed by atoms with Crippen LogP contribution in [-0.4, -0.2) is 52.1 Å². The van der Waals surface area contributed by atoms with Gasteiger partial charge in [-0.25, -0.2) is 0 Å². The molecule has 1 heterocycles. The molecule has 0 aromatic rings. The first kappa shape index (κ1) is 17.7. The fourth-order valence-corrected chi connectivity index (χ4v) is 2.24. The molecule has 0 N–H and O–H groups in total. The maximum atomic E-state index is 9.75. The molecule has 1 saturated heterocycles. The number of ether oxygens (including phenoxy) is 1. The van der Waals surface area contributed by atoms with Gasteiger partial charge in [0.05, 0.1) is 26.7 Å². The van der Waals surface area contributed by atoms with Gasteiger partial charge >= 0.3 is 7.25 Å². The lowest BCUT2D eigenvalue weighted by Gasteiger charge is -2.37. The molecule has 0 atom stereocenters. The van der Waals surface area contributed by atoms with E-state index in [9.17, 15) is 17.3 Å². The third-order valence-corrected chi connectivity index (χ3v) is 3.19. The molecule has 0 saturated carbocycles. The molecular weight excluding hydrogens is 249 g/mol. The maximum Gasteiger partial charge on any atom is 0.673 e. The summed E-state index contributed by atoms with van der Waals surface area (Å²) in [6.07, 6.45) is 6.86. The van der Waals surface area contributed by atoms with E-state index in [-0.39, 0.29) is 0 Å². The lowest BCUT2D eigenvalue weighted by Crippen LogP contribution is -2.48. The molecule has 0 aliphatic carbocycles. The molecular formula is C11H24BF4NO. The molecule has 1 aliphatic heterocycles. The summed E-state index contributed by atoms with van der Waals surface area (Å²) >= 11 is 0. The smallest absolute Gasteiger partial charge is 0.418 e. The fourth-order valence-electron chi connectivity index (χ4n) is 2.24. The lowest BCUT2D eigenvalue weighted by molar-refractivity contribution is -0.914. The zero-order chi connectivity index (χ0) is 14.1. The minimum absolute atomic E-state index is 0.931. The molecule has 110 valence electrons. The van der Waals surface area contributed by atoms with Crippen molar-refractivity contribution in [3.05, 3.63) is 0 Å². The van der Waals surface area contributed by atoms with Crippen LogP contribution in [0, 0.1) is 0 Å². The van der Waals surface area contributed by atoms with Crippen molar-refractivity contribution in [2.24, 2.45) is 0 Å². The molecule has 7 heteroatoms. The molecule has 1 aliphatic rings. The summed E-state index contributed by atoms with van der Waals surface area (Å²) in [4.78, 5) is 0. The second-order valence-corrected chi connectivity index (χ2v) is 5.05. The second-order valence-electron chi connectivity index (χ2n) is 5.05. The number of halogens is 4. The predicted octanol–water partition coefficient (Wildman–Crippen LogP) is 3.34. The number of rotatable bonds is 5. The van der Waals surface area contributed by atoms with Crippen molar-refractivity contribution >= 4 is 7.25 Å². The first-order valence-corrected chi connectivity index (χ1v) is 6.47. The van der Waals surface area contributed by atoms with E-state index in [2.05, 4.69) is 7.05 Å². The topological polar surface area (TPSA) is 9.23 Å². The number of hydrogen-bond acceptors (Lipinski definition) is 1. The van der Waals surface area contributed by atoms with Gasteiger partial charge in [-0.05, 0) is 32.1 Å². The van der Waals surface area contributed by atoms with Gasteiger partial charge in [-0.1, -0.05) is 0 Å². The molecule has 1 rings (SSSR count). The summed E-state index contributed by atoms with van der Waals surface area (Å²) < 4.78 is 45.4. The van der Waals surface area contributed by atoms with Gasteiger partial charge in [-0.15, -0.1) is 0 Å². The molecule has 1 fully saturated rings. The maximum absolute atomic E-state index is 9.75. The van der Waals surface area contributed by atoms with Crippen molar-refractivity contribution in [1.82, 2.24) is 0 Å². The molecule has 0 radical (unpaired) electrons. The van der Waals surface area contributed by atoms with E-state index in [1.807, 2.05) is 0 Å². The summed E-state index contributed by atoms with van der Waals surface area (Å²) in [6.45, 7) is 5.07. The minimum atomic E-state index is -6.00. The number of piperidine rings is 1. The Morgan fingerprint density at radius 2 is 1.50 bits per heavy atom. The summed E-state index contributed by atoms with van der Waals surface area (Å²) in [7, 11) is -1.80. The SMILES string of the molecule is COCCCC[N+]1(C)CCCCC1.F[B-](F)(F)F. The first-order valence-electron chi connectivity index (χ1n) is 6.47. The summed E-state index contributed by atoms with van der Waals surface area (Å²) in [6, 6.07) is 0. The number of methoxy groups -OCH3 is 1. The van der Waals surface area contributed by atoms with Crippen molar-refractivity contribution in [2.45, 2.75) is 32.1 Å². The van der Waals surface area contributed by atoms with Gasteiger partial charge in [-0.3, -0.25) is 0 Å². The van der Waals surface area contributed by atoms with Crippen LogP contribution in [0.3, 0.4) is 0 Å². The molecule has 0 bridgehead atoms. The quantitative estimate of drug-likeness (QED) is 0.323. The highest BCUT2D eigenvalue weighted by Gasteiger charge is 2.23. The van der Waals surface area contributed by atoms with Crippen molar-refractivity contribution in [3.8, 4) is 0 Å². The normalized spacial score (nSPS) is 19.0. The van der Waals surface area contributed by atoms with Gasteiger partial charge < -0.3 is 26.5 Å². The van der Waals surface area contributed by atoms with Gasteiger partial charge in [0.25, 0.3) is 0 Å². The summed E-state index contributed by atoms with van der Waals surface area (Å²) in [5.74, 6) is 0. The van der Waals surface area contributed by atoms with Crippen LogP contribution in [0.1, 0.15) is 32.1 Å². The highest BCUT2D eigenvalue weighted by molar-refractivity contribution is 6.50. The Morgan fingerprint density at radius 1 is 1.00 bits per heavy atom. The summed E-state index contributed by atoms with van der Waals surface area (Å²) in [5.41, 5.74) is 0. The molecule has 0 aromatic carbocycles. The van der Waals surface area contributed by atoms with Crippen LogP contribution in [-0.2, 0) is 4.74 Å². The van der Waals surface area contributed by atoms with E-state index < -0.39 is 7.25 Å². The van der Waals surface area contributed by atoms with E-state index in [1.54, 1.807) is 7.11 Å². The van der Waals surface area contributed by atoms with E-state index in [0.717, 1.165) is 6.61 Å². The molecule has 0 spiro atoms. The minimum Gasteiger partial charge on any atom is -0.418 e. The number of nitrogens with zero attached hydrogens (tertiary/aromatic N) is 1. The Hall–Kier alpha value is -0.295. The number of unbranched alkanes of at least 4 members (excludes halogenated alkanes) is 1. The van der Waals surface area contributed by atoms with Crippen LogP contribution in [0.2, 0.25) is 0 Å². The lowest BCUT2D eigenvalue weighted by atomic mass is 10.1. The Kier molecular flexibility index (Phi) is 8.60. The zero-order valence-electron chi connectivity index (χ0n) is 11.3. The third-order valence-electron chi connectivity index (χ3n) is 3.19. The van der Waals surface area contributed by atoms with E-state index in [1.165, 1.54) is 56.2 Å². The van der Waals surface area contributed by atoms with Gasteiger partial charge in [0, 0.05) is 13.7 Å². The van der Waals surface area contributed by atoms with Crippen molar-refractivity contribution < 1.29 is 26.5 Å². The van der Waals surface area contributed by atoms with Gasteiger partial charge in [0.2, 0.25) is 0 Å². The van der Waals surface area contributed by atoms with Gasteiger partial charge in [0.1, 0.15) is 0 Å². The molecule has 0 unspecified atom stereocenters. The number of quaternary nitrogens is 1. The molecule has 2 nitrogen and oxygen atoms in total. The van der Waals surface area contributed by atoms with Gasteiger partial charge in [0.15, 0.2) is 0 Å². The van der Waals surface area contributed by atoms with Crippen molar-refractivity contribution in [1.29, 1.82) is 0 Å². The highest BCUT2D eigenvalue weighted by Crippen LogP contribution is 2.16. The fraction of sp³-hybridized carbons (Fsp3) is 1.00. The largest absolute Gasteiger partial charge is 0.673 e. The average Bonchev–Trinajstić information content (AvgIpc) is 2.23. The van der Waals surface area contributed by atoms with Crippen molar-refractivity contribution in [3.63, 3.8) is 0 Å². The van der Waals surface area contributed by atoms with Crippen LogP contribution in [0.15, 0.2) is 0 Å². The molecule has 0 amide bonds. The van der Waals surface area contributed by atoms with Gasteiger partial charge in [-0.2, -0.15) is 0 Å². The molecule has 18 heavy (non-hydrogen) atoms. The monoisotopic (exact) mass is 273 g/mol. The summed E-state index contributed by atoms with van der Waals surface area (Å²) in [5, 5.41) is 0. The van der Waals surface area contributed by atoms with E-state index in [0.29, 0.717) is 0 Å². The number of hydrogen-bond donors (Lipinski definition) is 0. The van der Waals surface area contributed by atoms with E-state index >= 15 is 0 Å². The van der Waals surface area contributed by atoms with E-state index in [4.69, 9.17) is 4.74 Å². The first-order chi connectivity index (χ1) is 8.27. The standard InChI is InChI=1S/C11H24NO.BF4/c1-12(8-4-3-5-9-12)10-6-7-11-13-2;2-1(3,4)5/h3-11H2,1-2H3;/q+1;-1. The number of likely N-dealkylation sites (tertiary alicyclic amines) is 1. The van der Waals surface area contributed by atoms with Crippen LogP contribution >= 0.6 is 0 Å². The Balaban J connectivity index is 0.000000494. The average molecular weight is 273 g/mol. The Bertz CT molecular complexity index is 202. The molecule has 0 aromatic heterocycles. The zero-order valence-corrected chi connectivity index (χ0v) is 11.3.